The van der Waals surface area contributed by atoms with Gasteiger partial charge in [0, 0.05) is 13.1 Å². The lowest BCUT2D eigenvalue weighted by molar-refractivity contribution is 0.420. The van der Waals surface area contributed by atoms with Crippen molar-refractivity contribution in [2.45, 2.75) is 12.8 Å². The normalized spacial score (nSPS) is 19.0. The lowest BCUT2D eigenvalue weighted by Gasteiger charge is -2.31. The lowest BCUT2D eigenvalue weighted by Crippen LogP contribution is -2.38. The lowest BCUT2D eigenvalue weighted by atomic mass is 9.99. The maximum atomic E-state index is 14.1. The first-order chi connectivity index (χ1) is 10.2. The number of rotatable bonds is 3. The van der Waals surface area contributed by atoms with Gasteiger partial charge in [0.1, 0.15) is 5.82 Å². The summed E-state index contributed by atoms with van der Waals surface area (Å²) in [6.07, 6.45) is 2.22. The highest BCUT2D eigenvalue weighted by molar-refractivity contribution is 9.10. The van der Waals surface area contributed by atoms with E-state index in [4.69, 9.17) is 5.73 Å². The molecule has 1 aromatic heterocycles. The third-order valence-corrected chi connectivity index (χ3v) is 4.43. The maximum Gasteiger partial charge on any atom is 0.245 e. The van der Waals surface area contributed by atoms with E-state index < -0.39 is 0 Å². The molecule has 2 aromatic rings. The van der Waals surface area contributed by atoms with Crippen molar-refractivity contribution in [3.63, 3.8) is 0 Å². The van der Waals surface area contributed by atoms with Gasteiger partial charge in [-0.25, -0.2) is 4.39 Å². The maximum absolute atomic E-state index is 14.1. The van der Waals surface area contributed by atoms with Crippen LogP contribution in [-0.4, -0.2) is 34.8 Å². The van der Waals surface area contributed by atoms with Crippen LogP contribution >= 0.6 is 15.9 Å². The van der Waals surface area contributed by atoms with Crippen LogP contribution in [0.2, 0.25) is 0 Å². The average molecular weight is 354 g/mol. The summed E-state index contributed by atoms with van der Waals surface area (Å²) < 4.78 is 14.5. The van der Waals surface area contributed by atoms with Gasteiger partial charge in [0.15, 0.2) is 5.82 Å². The first kappa shape index (κ1) is 14.5. The van der Waals surface area contributed by atoms with E-state index in [-0.39, 0.29) is 5.82 Å². The fourth-order valence-electron chi connectivity index (χ4n) is 2.64. The summed E-state index contributed by atoms with van der Waals surface area (Å²) in [6.45, 7) is 2.44. The zero-order valence-electron chi connectivity index (χ0n) is 11.5. The summed E-state index contributed by atoms with van der Waals surface area (Å²) >= 11 is 3.18. The van der Waals surface area contributed by atoms with E-state index in [9.17, 15) is 4.39 Å². The van der Waals surface area contributed by atoms with Crippen molar-refractivity contribution in [3.8, 4) is 11.4 Å². The fraction of sp³-hybridized carbons (Fsp3) is 0.429. The molecule has 0 radical (unpaired) electrons. The first-order valence-electron chi connectivity index (χ1n) is 7.01. The molecule has 1 aromatic carbocycles. The number of benzene rings is 1. The van der Waals surface area contributed by atoms with Crippen LogP contribution in [0.25, 0.3) is 11.4 Å². The van der Waals surface area contributed by atoms with Crippen molar-refractivity contribution in [1.82, 2.24) is 15.2 Å². The van der Waals surface area contributed by atoms with E-state index in [0.717, 1.165) is 25.9 Å². The second-order valence-corrected chi connectivity index (χ2v) is 6.13. The second kappa shape index (κ2) is 6.11. The molecule has 0 aliphatic carbocycles. The van der Waals surface area contributed by atoms with Gasteiger partial charge in [0.25, 0.3) is 0 Å². The zero-order chi connectivity index (χ0) is 14.8. The molecule has 21 heavy (non-hydrogen) atoms. The van der Waals surface area contributed by atoms with Gasteiger partial charge in [-0.05, 0) is 53.4 Å². The Morgan fingerprint density at radius 2 is 2.33 bits per heavy atom. The molecule has 1 aliphatic heterocycles. The van der Waals surface area contributed by atoms with Crippen molar-refractivity contribution in [1.29, 1.82) is 0 Å². The number of hydrogen-bond donors (Lipinski definition) is 2. The van der Waals surface area contributed by atoms with Crippen LogP contribution < -0.4 is 10.6 Å². The summed E-state index contributed by atoms with van der Waals surface area (Å²) in [7, 11) is 0. The molecule has 0 bridgehead atoms. The van der Waals surface area contributed by atoms with Crippen LogP contribution in [0.4, 0.5) is 10.3 Å². The summed E-state index contributed by atoms with van der Waals surface area (Å²) in [5.74, 6) is 1.20. The van der Waals surface area contributed by atoms with Crippen molar-refractivity contribution >= 4 is 21.9 Å². The Hall–Kier alpha value is -1.47. The van der Waals surface area contributed by atoms with Crippen LogP contribution in [0, 0.1) is 11.7 Å². The Morgan fingerprint density at radius 1 is 1.48 bits per heavy atom. The average Bonchev–Trinajstić information content (AvgIpc) is 3.00. The molecule has 112 valence electrons. The van der Waals surface area contributed by atoms with E-state index in [1.165, 1.54) is 0 Å². The number of nitrogens with one attached hydrogen (secondary N) is 1. The van der Waals surface area contributed by atoms with Gasteiger partial charge in [-0.2, -0.15) is 4.98 Å². The summed E-state index contributed by atoms with van der Waals surface area (Å²) in [4.78, 5) is 6.54. The molecule has 3 N–H and O–H groups in total. The molecule has 1 unspecified atom stereocenters. The minimum atomic E-state index is -0.335. The number of aromatic nitrogens is 3. The first-order valence-corrected chi connectivity index (χ1v) is 7.80. The van der Waals surface area contributed by atoms with Gasteiger partial charge in [-0.1, -0.05) is 6.07 Å². The third kappa shape index (κ3) is 2.94. The van der Waals surface area contributed by atoms with E-state index in [1.54, 1.807) is 18.2 Å². The largest absolute Gasteiger partial charge is 0.339 e. The summed E-state index contributed by atoms with van der Waals surface area (Å²) in [5, 5.41) is 7.05. The van der Waals surface area contributed by atoms with Gasteiger partial charge in [-0.15, -0.1) is 5.10 Å². The zero-order valence-corrected chi connectivity index (χ0v) is 13.1. The number of hydrogen-bond acceptors (Lipinski definition) is 4. The second-order valence-electron chi connectivity index (χ2n) is 5.28. The number of piperidine rings is 1. The molecule has 0 saturated carbocycles. The minimum Gasteiger partial charge on any atom is -0.339 e. The molecule has 1 saturated heterocycles. The van der Waals surface area contributed by atoms with Crippen LogP contribution in [0.1, 0.15) is 12.8 Å². The third-order valence-electron chi connectivity index (χ3n) is 3.82. The van der Waals surface area contributed by atoms with Crippen molar-refractivity contribution < 1.29 is 4.39 Å². The smallest absolute Gasteiger partial charge is 0.245 e. The predicted molar refractivity (Wildman–Crippen MR) is 83.5 cm³/mol. The highest BCUT2D eigenvalue weighted by atomic mass is 79.9. The van der Waals surface area contributed by atoms with Crippen LogP contribution in [-0.2, 0) is 0 Å². The van der Waals surface area contributed by atoms with Gasteiger partial charge in [0.05, 0.1) is 10.0 Å². The molecule has 0 spiro atoms. The highest BCUT2D eigenvalue weighted by Crippen LogP contribution is 2.27. The summed E-state index contributed by atoms with van der Waals surface area (Å²) in [6, 6.07) is 5.12. The Kier molecular flexibility index (Phi) is 4.21. The van der Waals surface area contributed by atoms with Gasteiger partial charge in [-0.3, -0.25) is 5.10 Å². The number of halogens is 2. The Balaban J connectivity index is 1.85. The molecular formula is C14H17BrFN5. The number of aromatic amines is 1. The Labute approximate surface area is 130 Å². The SMILES string of the molecule is NCC1CCCN(c2n[nH]c(-c3cccc(Br)c3F)n2)C1. The van der Waals surface area contributed by atoms with Crippen LogP contribution in [0.3, 0.4) is 0 Å². The highest BCUT2D eigenvalue weighted by Gasteiger charge is 2.22. The molecule has 1 atom stereocenters. The monoisotopic (exact) mass is 353 g/mol. The van der Waals surface area contributed by atoms with Gasteiger partial charge in [0.2, 0.25) is 5.95 Å². The number of anilines is 1. The molecule has 1 aliphatic rings. The predicted octanol–water partition coefficient (Wildman–Crippen LogP) is 2.55. The molecule has 0 amide bonds. The molecule has 3 rings (SSSR count). The molecule has 2 heterocycles. The van der Waals surface area contributed by atoms with Gasteiger partial charge < -0.3 is 10.6 Å². The van der Waals surface area contributed by atoms with Gasteiger partial charge >= 0.3 is 0 Å². The summed E-state index contributed by atoms with van der Waals surface area (Å²) in [5.41, 5.74) is 6.16. The van der Waals surface area contributed by atoms with Crippen LogP contribution in [0.5, 0.6) is 0 Å². The standard InChI is InChI=1S/C14H17BrFN5/c15-11-5-1-4-10(12(11)16)13-18-14(20-19-13)21-6-2-3-9(7-17)8-21/h1,4-5,9H,2-3,6-8,17H2,(H,18,19,20). The quantitative estimate of drug-likeness (QED) is 0.889. The molecule has 5 nitrogen and oxygen atoms in total. The minimum absolute atomic E-state index is 0.335. The van der Waals surface area contributed by atoms with Crippen molar-refractivity contribution in [3.05, 3.63) is 28.5 Å². The Morgan fingerprint density at radius 3 is 3.14 bits per heavy atom. The van der Waals surface area contributed by atoms with E-state index in [0.29, 0.717) is 34.3 Å². The van der Waals surface area contributed by atoms with E-state index in [2.05, 4.69) is 36.0 Å². The number of nitrogens with two attached hydrogens (primary N) is 1. The fourth-order valence-corrected chi connectivity index (χ4v) is 3.01. The molecule has 1 fully saturated rings. The van der Waals surface area contributed by atoms with Crippen LogP contribution in [0.15, 0.2) is 22.7 Å². The Bertz CT molecular complexity index is 630. The van der Waals surface area contributed by atoms with E-state index in [1.807, 2.05) is 0 Å². The number of H-pyrrole nitrogens is 1. The van der Waals surface area contributed by atoms with Crippen molar-refractivity contribution in [2.24, 2.45) is 11.7 Å². The van der Waals surface area contributed by atoms with E-state index >= 15 is 0 Å². The molecule has 7 heteroatoms. The topological polar surface area (TPSA) is 70.8 Å². The van der Waals surface area contributed by atoms with Crippen molar-refractivity contribution in [2.75, 3.05) is 24.5 Å². The number of nitrogens with zero attached hydrogens (tertiary/aromatic N) is 3. The molecular weight excluding hydrogens is 337 g/mol.